The molecule has 0 radical (unpaired) electrons. The zero-order chi connectivity index (χ0) is 15.7. The number of nitrogens with zero attached hydrogens (tertiary/aromatic N) is 2. The summed E-state index contributed by atoms with van der Waals surface area (Å²) in [6.45, 7) is 5.95. The highest BCUT2D eigenvalue weighted by Gasteiger charge is 2.45. The van der Waals surface area contributed by atoms with Crippen molar-refractivity contribution in [2.45, 2.75) is 51.6 Å². The zero-order valence-corrected chi connectivity index (χ0v) is 14.3. The summed E-state index contributed by atoms with van der Waals surface area (Å²) >= 11 is 0. The summed E-state index contributed by atoms with van der Waals surface area (Å²) in [4.78, 5) is 7.82. The molecular weight excluding hydrogens is 284 g/mol. The Balaban J connectivity index is 1.66. The minimum absolute atomic E-state index is 0.330. The zero-order valence-electron chi connectivity index (χ0n) is 14.3. The van der Waals surface area contributed by atoms with Crippen LogP contribution in [0.5, 0.6) is 0 Å². The van der Waals surface area contributed by atoms with Crippen LogP contribution in [-0.4, -0.2) is 43.1 Å². The van der Waals surface area contributed by atoms with E-state index in [2.05, 4.69) is 36.1 Å². The third kappa shape index (κ3) is 2.97. The maximum absolute atomic E-state index is 5.53. The molecule has 0 N–H and O–H groups in total. The molecule has 2 aliphatic heterocycles. The summed E-state index contributed by atoms with van der Waals surface area (Å²) in [5.41, 5.74) is 4.41. The van der Waals surface area contributed by atoms with Gasteiger partial charge in [-0.2, -0.15) is 0 Å². The molecule has 1 saturated carbocycles. The van der Waals surface area contributed by atoms with Crippen LogP contribution in [0, 0.1) is 12.3 Å². The van der Waals surface area contributed by atoms with Gasteiger partial charge >= 0.3 is 0 Å². The summed E-state index contributed by atoms with van der Waals surface area (Å²) < 4.78 is 5.53. The van der Waals surface area contributed by atoms with E-state index in [-0.39, 0.29) is 0 Å². The second-order valence-corrected chi connectivity index (χ2v) is 7.52. The quantitative estimate of drug-likeness (QED) is 0.830. The Morgan fingerprint density at radius 3 is 2.43 bits per heavy atom. The van der Waals surface area contributed by atoms with Crippen LogP contribution >= 0.6 is 0 Å². The smallest absolute Gasteiger partial charge is 0.103 e. The fraction of sp³-hybridized carbons (Fsp3) is 0.650. The lowest BCUT2D eigenvalue weighted by molar-refractivity contribution is 0.0131. The van der Waals surface area contributed by atoms with Crippen molar-refractivity contribution in [3.8, 4) is 0 Å². The Bertz CT molecular complexity index is 566. The molecule has 3 nitrogen and oxygen atoms in total. The van der Waals surface area contributed by atoms with Gasteiger partial charge in [0.05, 0.1) is 18.9 Å². The normalized spacial score (nSPS) is 28.0. The highest BCUT2D eigenvalue weighted by molar-refractivity contribution is 6.06. The first-order chi connectivity index (χ1) is 11.3. The molecule has 1 aromatic rings. The first-order valence-electron chi connectivity index (χ1n) is 9.24. The number of benzene rings is 1. The van der Waals surface area contributed by atoms with E-state index in [0.717, 1.165) is 26.3 Å². The van der Waals surface area contributed by atoms with Crippen molar-refractivity contribution in [1.82, 2.24) is 4.90 Å². The summed E-state index contributed by atoms with van der Waals surface area (Å²) in [7, 11) is 0. The van der Waals surface area contributed by atoms with Crippen LogP contribution in [0.3, 0.4) is 0 Å². The van der Waals surface area contributed by atoms with E-state index in [0.29, 0.717) is 11.6 Å². The second-order valence-electron chi connectivity index (χ2n) is 7.52. The van der Waals surface area contributed by atoms with Gasteiger partial charge < -0.3 is 4.74 Å². The molecular formula is C20H28N2O. The molecule has 3 heteroatoms. The molecule has 2 fully saturated rings. The molecule has 1 saturated heterocycles. The monoisotopic (exact) mass is 312 g/mol. The summed E-state index contributed by atoms with van der Waals surface area (Å²) in [6.07, 6.45) is 8.34. The van der Waals surface area contributed by atoms with Crippen molar-refractivity contribution in [1.29, 1.82) is 0 Å². The minimum atomic E-state index is 0.330. The van der Waals surface area contributed by atoms with Gasteiger partial charge in [-0.15, -0.1) is 0 Å². The van der Waals surface area contributed by atoms with Gasteiger partial charge in [-0.05, 0) is 31.7 Å². The maximum Gasteiger partial charge on any atom is 0.103 e. The number of hydrogen-bond donors (Lipinski definition) is 0. The molecule has 3 aliphatic rings. The number of rotatable bonds is 2. The molecule has 1 unspecified atom stereocenters. The van der Waals surface area contributed by atoms with Crippen molar-refractivity contribution in [2.75, 3.05) is 26.3 Å². The molecule has 23 heavy (non-hydrogen) atoms. The molecule has 0 bridgehead atoms. The van der Waals surface area contributed by atoms with E-state index >= 15 is 0 Å². The number of ether oxygens (including phenoxy) is 1. The summed E-state index contributed by atoms with van der Waals surface area (Å²) in [6, 6.07) is 9.03. The van der Waals surface area contributed by atoms with Crippen molar-refractivity contribution in [2.24, 2.45) is 10.4 Å². The molecule has 1 aromatic carbocycles. The highest BCUT2D eigenvalue weighted by Crippen LogP contribution is 2.48. The van der Waals surface area contributed by atoms with Crippen LogP contribution in [-0.2, 0) is 4.74 Å². The van der Waals surface area contributed by atoms with Gasteiger partial charge in [0.2, 0.25) is 0 Å². The van der Waals surface area contributed by atoms with Crippen LogP contribution in [0.2, 0.25) is 0 Å². The maximum atomic E-state index is 5.53. The predicted octanol–water partition coefficient (Wildman–Crippen LogP) is 3.80. The molecule has 1 spiro atoms. The third-order valence-corrected chi connectivity index (χ3v) is 5.96. The first-order valence-corrected chi connectivity index (χ1v) is 9.24. The number of aryl methyl sites for hydroxylation is 1. The van der Waals surface area contributed by atoms with E-state index in [1.54, 1.807) is 0 Å². The Kier molecular flexibility index (Phi) is 4.25. The lowest BCUT2D eigenvalue weighted by Crippen LogP contribution is -2.43. The van der Waals surface area contributed by atoms with Crippen molar-refractivity contribution >= 4 is 5.71 Å². The molecule has 124 valence electrons. The highest BCUT2D eigenvalue weighted by atomic mass is 16.5. The van der Waals surface area contributed by atoms with Crippen molar-refractivity contribution in [3.05, 3.63) is 35.4 Å². The fourth-order valence-corrected chi connectivity index (χ4v) is 4.63. The summed E-state index contributed by atoms with van der Waals surface area (Å²) in [5.74, 6) is 0. The number of aliphatic imine (C=N–C) groups is 1. The molecule has 0 amide bonds. The average molecular weight is 312 g/mol. The van der Waals surface area contributed by atoms with E-state index in [1.165, 1.54) is 55.4 Å². The molecule has 4 rings (SSSR count). The Morgan fingerprint density at radius 1 is 1.04 bits per heavy atom. The van der Waals surface area contributed by atoms with Gasteiger partial charge in [0.15, 0.2) is 0 Å². The Hall–Kier alpha value is -1.19. The predicted molar refractivity (Wildman–Crippen MR) is 94.0 cm³/mol. The van der Waals surface area contributed by atoms with Gasteiger partial charge in [-0.3, -0.25) is 9.89 Å². The van der Waals surface area contributed by atoms with Crippen LogP contribution in [0.25, 0.3) is 0 Å². The topological polar surface area (TPSA) is 24.8 Å². The van der Waals surface area contributed by atoms with Crippen LogP contribution in [0.15, 0.2) is 29.3 Å². The van der Waals surface area contributed by atoms with Crippen LogP contribution in [0.1, 0.15) is 49.7 Å². The van der Waals surface area contributed by atoms with E-state index < -0.39 is 0 Å². The van der Waals surface area contributed by atoms with Gasteiger partial charge in [-0.25, -0.2) is 0 Å². The molecule has 2 heterocycles. The van der Waals surface area contributed by atoms with Crippen LogP contribution in [0.4, 0.5) is 0 Å². The first kappa shape index (κ1) is 15.3. The largest absolute Gasteiger partial charge is 0.379 e. The van der Waals surface area contributed by atoms with Gasteiger partial charge in [0.1, 0.15) is 6.17 Å². The summed E-state index contributed by atoms with van der Waals surface area (Å²) in [5, 5.41) is 0. The lowest BCUT2D eigenvalue weighted by atomic mass is 9.68. The third-order valence-electron chi connectivity index (χ3n) is 5.96. The standard InChI is InChI=1S/C20H28N2O/c1-16-5-7-17(8-6-16)19-20(9-3-2-4-10-20)15-18(21-19)22-11-13-23-14-12-22/h5-8,18H,2-4,9-15H2,1H3. The molecule has 1 aliphatic carbocycles. The minimum Gasteiger partial charge on any atom is -0.379 e. The van der Waals surface area contributed by atoms with Gasteiger partial charge in [0.25, 0.3) is 0 Å². The van der Waals surface area contributed by atoms with Crippen molar-refractivity contribution in [3.63, 3.8) is 0 Å². The van der Waals surface area contributed by atoms with E-state index in [9.17, 15) is 0 Å². The Labute approximate surface area is 139 Å². The number of hydrogen-bond acceptors (Lipinski definition) is 3. The van der Waals surface area contributed by atoms with Gasteiger partial charge in [0, 0.05) is 18.5 Å². The van der Waals surface area contributed by atoms with Crippen molar-refractivity contribution < 1.29 is 4.74 Å². The van der Waals surface area contributed by atoms with Crippen LogP contribution < -0.4 is 0 Å². The lowest BCUT2D eigenvalue weighted by Gasteiger charge is -2.37. The molecule has 1 atom stereocenters. The fourth-order valence-electron chi connectivity index (χ4n) is 4.63. The second kappa shape index (κ2) is 6.37. The van der Waals surface area contributed by atoms with E-state index in [1.807, 2.05) is 0 Å². The SMILES string of the molecule is Cc1ccc(C2=NC(N3CCOCC3)CC23CCCCC3)cc1. The van der Waals surface area contributed by atoms with Gasteiger partial charge in [-0.1, -0.05) is 49.1 Å². The number of morpholine rings is 1. The Morgan fingerprint density at radius 2 is 1.74 bits per heavy atom. The average Bonchev–Trinajstić information content (AvgIpc) is 2.96. The van der Waals surface area contributed by atoms with E-state index in [4.69, 9.17) is 9.73 Å². The molecule has 0 aromatic heterocycles.